The van der Waals surface area contributed by atoms with Gasteiger partial charge in [-0.3, -0.25) is 0 Å². The van der Waals surface area contributed by atoms with E-state index in [1.54, 1.807) is 28.4 Å². The van der Waals surface area contributed by atoms with E-state index in [9.17, 15) is 0 Å². The molecule has 6 heteroatoms. The van der Waals surface area contributed by atoms with Crippen LogP contribution >= 0.6 is 0 Å². The minimum atomic E-state index is 0.574. The van der Waals surface area contributed by atoms with Gasteiger partial charge in [0.1, 0.15) is 0 Å². The average Bonchev–Trinajstić information content (AvgIpc) is 2.79. The first-order chi connectivity index (χ1) is 14.7. The lowest BCUT2D eigenvalue weighted by atomic mass is 9.95. The average molecular weight is 410 g/mol. The highest BCUT2D eigenvalue weighted by atomic mass is 16.5. The fourth-order valence-corrected chi connectivity index (χ4v) is 4.02. The normalized spacial score (nSPS) is 12.3. The first-order valence-corrected chi connectivity index (χ1v) is 10.1. The molecule has 6 nitrogen and oxygen atoms in total. The molecule has 1 aliphatic heterocycles. The molecule has 0 fully saturated rings. The molecule has 1 aliphatic rings. The Morgan fingerprint density at radius 1 is 0.867 bits per heavy atom. The lowest BCUT2D eigenvalue weighted by Gasteiger charge is -2.19. The Kier molecular flexibility index (Phi) is 5.95. The van der Waals surface area contributed by atoms with E-state index >= 15 is 0 Å². The molecule has 158 valence electrons. The molecule has 0 spiro atoms. The minimum absolute atomic E-state index is 0.574. The molecule has 0 bridgehead atoms. The van der Waals surface area contributed by atoms with E-state index in [2.05, 4.69) is 35.0 Å². The van der Waals surface area contributed by atoms with Gasteiger partial charge in [0.15, 0.2) is 35.7 Å². The van der Waals surface area contributed by atoms with Crippen molar-refractivity contribution in [2.75, 3.05) is 41.7 Å². The van der Waals surface area contributed by atoms with Crippen molar-refractivity contribution in [2.24, 2.45) is 0 Å². The zero-order chi connectivity index (χ0) is 21.1. The quantitative estimate of drug-likeness (QED) is 0.418. The largest absolute Gasteiger partial charge is 0.493 e. The third-order valence-corrected chi connectivity index (χ3v) is 5.55. The van der Waals surface area contributed by atoms with Crippen molar-refractivity contribution in [3.8, 4) is 34.3 Å². The van der Waals surface area contributed by atoms with E-state index < -0.39 is 0 Å². The maximum Gasteiger partial charge on any atom is 0.213 e. The molecule has 1 aromatic heterocycles. The fraction of sp³-hybridized carbons (Fsp3) is 0.375. The van der Waals surface area contributed by atoms with E-state index in [0.29, 0.717) is 13.2 Å². The SMILES string of the molecule is COCCCOc1c(OC)ccc2cc3[n+](cc12)CCc1cc(OC)c(OC)cc1-3. The summed E-state index contributed by atoms with van der Waals surface area (Å²) in [6, 6.07) is 10.4. The molecule has 0 atom stereocenters. The van der Waals surface area contributed by atoms with Crippen LogP contribution in [0.4, 0.5) is 0 Å². The Hall–Kier alpha value is -2.99. The number of benzene rings is 2. The topological polar surface area (TPSA) is 50.0 Å². The van der Waals surface area contributed by atoms with Crippen LogP contribution in [0, 0.1) is 0 Å². The van der Waals surface area contributed by atoms with E-state index in [1.165, 1.54) is 11.1 Å². The number of ether oxygens (including phenoxy) is 5. The lowest BCUT2D eigenvalue weighted by molar-refractivity contribution is -0.686. The fourth-order valence-electron chi connectivity index (χ4n) is 4.02. The van der Waals surface area contributed by atoms with Crippen LogP contribution in [0.25, 0.3) is 22.0 Å². The van der Waals surface area contributed by atoms with Crippen LogP contribution in [0.2, 0.25) is 0 Å². The van der Waals surface area contributed by atoms with Gasteiger partial charge in [0, 0.05) is 32.6 Å². The van der Waals surface area contributed by atoms with Gasteiger partial charge in [-0.15, -0.1) is 0 Å². The second kappa shape index (κ2) is 8.79. The molecular weight excluding hydrogens is 382 g/mol. The van der Waals surface area contributed by atoms with Gasteiger partial charge in [0.25, 0.3) is 0 Å². The van der Waals surface area contributed by atoms with Crippen LogP contribution in [-0.2, 0) is 17.7 Å². The number of hydrogen-bond acceptors (Lipinski definition) is 5. The molecule has 2 heterocycles. The first kappa shape index (κ1) is 20.3. The van der Waals surface area contributed by atoms with Gasteiger partial charge in [-0.05, 0) is 35.2 Å². The van der Waals surface area contributed by atoms with Gasteiger partial charge in [-0.25, -0.2) is 0 Å². The molecule has 0 aliphatic carbocycles. The van der Waals surface area contributed by atoms with Crippen LogP contribution in [0.3, 0.4) is 0 Å². The van der Waals surface area contributed by atoms with Gasteiger partial charge >= 0.3 is 0 Å². The van der Waals surface area contributed by atoms with Crippen molar-refractivity contribution in [2.45, 2.75) is 19.4 Å². The Morgan fingerprint density at radius 2 is 1.63 bits per heavy atom. The van der Waals surface area contributed by atoms with Gasteiger partial charge < -0.3 is 23.7 Å². The number of fused-ring (bicyclic) bond motifs is 4. The maximum atomic E-state index is 6.12. The summed E-state index contributed by atoms with van der Waals surface area (Å²) in [6.45, 7) is 2.12. The highest BCUT2D eigenvalue weighted by molar-refractivity contribution is 5.91. The number of hydrogen-bond donors (Lipinski definition) is 0. The molecule has 3 aromatic rings. The van der Waals surface area contributed by atoms with Crippen LogP contribution in [0.5, 0.6) is 23.0 Å². The number of aryl methyl sites for hydroxylation is 2. The number of pyridine rings is 1. The summed E-state index contributed by atoms with van der Waals surface area (Å²) in [7, 11) is 6.71. The molecule has 0 unspecified atom stereocenters. The highest BCUT2D eigenvalue weighted by Crippen LogP contribution is 2.40. The van der Waals surface area contributed by atoms with E-state index in [0.717, 1.165) is 58.9 Å². The Morgan fingerprint density at radius 3 is 2.37 bits per heavy atom. The number of aromatic nitrogens is 1. The van der Waals surface area contributed by atoms with Crippen molar-refractivity contribution >= 4 is 10.8 Å². The van der Waals surface area contributed by atoms with Gasteiger partial charge in [-0.1, -0.05) is 0 Å². The summed E-state index contributed by atoms with van der Waals surface area (Å²) in [5, 5.41) is 2.14. The zero-order valence-corrected chi connectivity index (χ0v) is 18.0. The van der Waals surface area contributed by atoms with E-state index in [4.69, 9.17) is 23.7 Å². The standard InChI is InChI=1S/C24H28NO5/c1-26-10-5-11-30-24-19-15-25-9-8-17-13-22(28-3)23(29-4)14-18(17)20(25)12-16(19)6-7-21(24)27-2/h6-7,12-15H,5,8-11H2,1-4H3/q+1. The smallest absolute Gasteiger partial charge is 0.213 e. The second-order valence-electron chi connectivity index (χ2n) is 7.26. The Labute approximate surface area is 176 Å². The van der Waals surface area contributed by atoms with Crippen molar-refractivity contribution in [1.82, 2.24) is 0 Å². The third-order valence-electron chi connectivity index (χ3n) is 5.55. The molecule has 0 N–H and O–H groups in total. The molecule has 0 amide bonds. The summed E-state index contributed by atoms with van der Waals surface area (Å²) in [5.74, 6) is 3.02. The summed E-state index contributed by atoms with van der Waals surface area (Å²) < 4.78 is 30.1. The molecule has 0 saturated heterocycles. The van der Waals surface area contributed by atoms with Crippen LogP contribution in [0.1, 0.15) is 12.0 Å². The lowest BCUT2D eigenvalue weighted by Crippen LogP contribution is -2.40. The maximum absolute atomic E-state index is 6.12. The molecule has 4 rings (SSSR count). The number of nitrogens with zero attached hydrogens (tertiary/aromatic N) is 1. The van der Waals surface area contributed by atoms with E-state index in [-0.39, 0.29) is 0 Å². The Bertz CT molecular complexity index is 1060. The van der Waals surface area contributed by atoms with Crippen molar-refractivity contribution in [3.05, 3.63) is 42.1 Å². The second-order valence-corrected chi connectivity index (χ2v) is 7.26. The van der Waals surface area contributed by atoms with Crippen molar-refractivity contribution in [1.29, 1.82) is 0 Å². The first-order valence-electron chi connectivity index (χ1n) is 10.1. The summed E-state index contributed by atoms with van der Waals surface area (Å²) in [6.07, 6.45) is 3.91. The van der Waals surface area contributed by atoms with Crippen molar-refractivity contribution < 1.29 is 28.3 Å². The van der Waals surface area contributed by atoms with Gasteiger partial charge in [0.2, 0.25) is 5.69 Å². The molecule has 2 aromatic carbocycles. The zero-order valence-electron chi connectivity index (χ0n) is 18.0. The van der Waals surface area contributed by atoms with Gasteiger partial charge in [0.05, 0.1) is 38.9 Å². The van der Waals surface area contributed by atoms with Crippen molar-refractivity contribution in [3.63, 3.8) is 0 Å². The van der Waals surface area contributed by atoms with Crippen LogP contribution in [-0.4, -0.2) is 41.7 Å². The summed E-state index contributed by atoms with van der Waals surface area (Å²) >= 11 is 0. The predicted molar refractivity (Wildman–Crippen MR) is 115 cm³/mol. The monoisotopic (exact) mass is 410 g/mol. The molecule has 0 saturated carbocycles. The highest BCUT2D eigenvalue weighted by Gasteiger charge is 2.27. The molecule has 0 radical (unpaired) electrons. The molecular formula is C24H28NO5+. The summed E-state index contributed by atoms with van der Waals surface area (Å²) in [5.41, 5.74) is 3.58. The third kappa shape index (κ3) is 3.63. The molecule has 30 heavy (non-hydrogen) atoms. The predicted octanol–water partition coefficient (Wildman–Crippen LogP) is 3.79. The van der Waals surface area contributed by atoms with E-state index in [1.807, 2.05) is 6.07 Å². The number of methoxy groups -OCH3 is 4. The van der Waals surface area contributed by atoms with Crippen LogP contribution < -0.4 is 23.5 Å². The number of rotatable bonds is 8. The van der Waals surface area contributed by atoms with Crippen LogP contribution in [0.15, 0.2) is 36.5 Å². The minimum Gasteiger partial charge on any atom is -0.493 e. The summed E-state index contributed by atoms with van der Waals surface area (Å²) in [4.78, 5) is 0. The Balaban J connectivity index is 1.81. The van der Waals surface area contributed by atoms with Gasteiger partial charge in [-0.2, -0.15) is 4.57 Å².